The fourth-order valence-corrected chi connectivity index (χ4v) is 2.75. The van der Waals surface area contributed by atoms with Crippen LogP contribution >= 0.6 is 27.3 Å². The molecule has 72 valence electrons. The standard InChI is InChI=1S/C9H8BrN3S/c10-9-8(14-7(5-11)13-9)6-1-3-12-4-2-6/h1-4H,5,11H2. The molecule has 0 saturated carbocycles. The van der Waals surface area contributed by atoms with Gasteiger partial charge in [-0.25, -0.2) is 4.98 Å². The lowest BCUT2D eigenvalue weighted by Gasteiger charge is -1.94. The van der Waals surface area contributed by atoms with Gasteiger partial charge in [-0.2, -0.15) is 0 Å². The van der Waals surface area contributed by atoms with Crippen LogP contribution in [0.5, 0.6) is 0 Å². The van der Waals surface area contributed by atoms with Crippen molar-refractivity contribution in [2.75, 3.05) is 0 Å². The van der Waals surface area contributed by atoms with Crippen LogP contribution < -0.4 is 5.73 Å². The summed E-state index contributed by atoms with van der Waals surface area (Å²) in [7, 11) is 0. The number of halogens is 1. The predicted molar refractivity (Wildman–Crippen MR) is 60.9 cm³/mol. The highest BCUT2D eigenvalue weighted by Crippen LogP contribution is 2.33. The SMILES string of the molecule is NCc1nc(Br)c(-c2ccncc2)s1. The lowest BCUT2D eigenvalue weighted by Crippen LogP contribution is -1.93. The van der Waals surface area contributed by atoms with Gasteiger partial charge in [-0.15, -0.1) is 11.3 Å². The molecular weight excluding hydrogens is 262 g/mol. The number of rotatable bonds is 2. The largest absolute Gasteiger partial charge is 0.325 e. The van der Waals surface area contributed by atoms with Gasteiger partial charge < -0.3 is 5.73 Å². The van der Waals surface area contributed by atoms with Gasteiger partial charge in [0.2, 0.25) is 0 Å². The van der Waals surface area contributed by atoms with E-state index in [1.54, 1.807) is 23.7 Å². The molecule has 2 aromatic rings. The van der Waals surface area contributed by atoms with Gasteiger partial charge in [-0.1, -0.05) is 0 Å². The van der Waals surface area contributed by atoms with Crippen LogP contribution in [0.25, 0.3) is 10.4 Å². The molecule has 0 radical (unpaired) electrons. The van der Waals surface area contributed by atoms with Crippen molar-refractivity contribution < 1.29 is 0 Å². The fraction of sp³-hybridized carbons (Fsp3) is 0.111. The predicted octanol–water partition coefficient (Wildman–Crippen LogP) is 2.43. The van der Waals surface area contributed by atoms with E-state index < -0.39 is 0 Å². The second-order valence-corrected chi connectivity index (χ2v) is 4.50. The van der Waals surface area contributed by atoms with Crippen LogP contribution in [0, 0.1) is 0 Å². The Hall–Kier alpha value is -0.780. The average molecular weight is 270 g/mol. The second-order valence-electron chi connectivity index (χ2n) is 2.67. The normalized spacial score (nSPS) is 10.4. The highest BCUT2D eigenvalue weighted by atomic mass is 79.9. The van der Waals surface area contributed by atoms with E-state index in [2.05, 4.69) is 25.9 Å². The van der Waals surface area contributed by atoms with Crippen molar-refractivity contribution in [2.24, 2.45) is 5.73 Å². The highest BCUT2D eigenvalue weighted by Gasteiger charge is 2.09. The molecule has 0 aliphatic heterocycles. The van der Waals surface area contributed by atoms with Crippen molar-refractivity contribution in [1.82, 2.24) is 9.97 Å². The van der Waals surface area contributed by atoms with Crippen LogP contribution in [0.4, 0.5) is 0 Å². The Bertz CT molecular complexity index is 427. The lowest BCUT2D eigenvalue weighted by atomic mass is 10.2. The summed E-state index contributed by atoms with van der Waals surface area (Å²) in [6, 6.07) is 3.91. The molecular formula is C9H8BrN3S. The molecule has 2 aromatic heterocycles. The lowest BCUT2D eigenvalue weighted by molar-refractivity contribution is 1.03. The molecule has 3 nitrogen and oxygen atoms in total. The Morgan fingerprint density at radius 2 is 2.07 bits per heavy atom. The zero-order valence-corrected chi connectivity index (χ0v) is 9.68. The van der Waals surface area contributed by atoms with Gasteiger partial charge in [-0.05, 0) is 33.6 Å². The van der Waals surface area contributed by atoms with Gasteiger partial charge in [0.15, 0.2) is 0 Å². The van der Waals surface area contributed by atoms with Crippen LogP contribution in [-0.2, 0) is 6.54 Å². The summed E-state index contributed by atoms with van der Waals surface area (Å²) in [5.41, 5.74) is 6.64. The Kier molecular flexibility index (Phi) is 2.90. The third-order valence-corrected chi connectivity index (χ3v) is 3.71. The summed E-state index contributed by atoms with van der Waals surface area (Å²) in [5.74, 6) is 0. The summed E-state index contributed by atoms with van der Waals surface area (Å²) in [5, 5.41) is 0.934. The molecule has 2 N–H and O–H groups in total. The van der Waals surface area contributed by atoms with Gasteiger partial charge in [0.1, 0.15) is 9.61 Å². The molecule has 0 bridgehead atoms. The monoisotopic (exact) mass is 269 g/mol. The maximum Gasteiger partial charge on any atom is 0.125 e. The Morgan fingerprint density at radius 1 is 1.36 bits per heavy atom. The summed E-state index contributed by atoms with van der Waals surface area (Å²) in [6.07, 6.45) is 3.53. The van der Waals surface area contributed by atoms with Crippen LogP contribution in [0.3, 0.4) is 0 Å². The number of thiazole rings is 1. The molecule has 0 aliphatic carbocycles. The Morgan fingerprint density at radius 3 is 2.64 bits per heavy atom. The van der Waals surface area contributed by atoms with E-state index in [0.29, 0.717) is 6.54 Å². The average Bonchev–Trinajstić information content (AvgIpc) is 2.61. The van der Waals surface area contributed by atoms with E-state index in [9.17, 15) is 0 Å². The smallest absolute Gasteiger partial charge is 0.125 e. The van der Waals surface area contributed by atoms with Crippen LogP contribution in [0.2, 0.25) is 0 Å². The number of nitrogens with zero attached hydrogens (tertiary/aromatic N) is 2. The molecule has 0 fully saturated rings. The first-order valence-corrected chi connectivity index (χ1v) is 5.68. The molecule has 0 unspecified atom stereocenters. The van der Waals surface area contributed by atoms with Crippen molar-refractivity contribution in [3.05, 3.63) is 34.1 Å². The third kappa shape index (κ3) is 1.84. The van der Waals surface area contributed by atoms with E-state index in [4.69, 9.17) is 5.73 Å². The van der Waals surface area contributed by atoms with Crippen LogP contribution in [-0.4, -0.2) is 9.97 Å². The topological polar surface area (TPSA) is 51.8 Å². The van der Waals surface area contributed by atoms with E-state index >= 15 is 0 Å². The zero-order valence-electron chi connectivity index (χ0n) is 7.27. The summed E-state index contributed by atoms with van der Waals surface area (Å²) < 4.78 is 0.856. The molecule has 0 aromatic carbocycles. The molecule has 0 spiro atoms. The highest BCUT2D eigenvalue weighted by molar-refractivity contribution is 9.10. The van der Waals surface area contributed by atoms with Gasteiger partial charge in [-0.3, -0.25) is 4.98 Å². The van der Waals surface area contributed by atoms with E-state index in [-0.39, 0.29) is 0 Å². The van der Waals surface area contributed by atoms with Gasteiger partial charge in [0.25, 0.3) is 0 Å². The minimum absolute atomic E-state index is 0.481. The number of hydrogen-bond acceptors (Lipinski definition) is 4. The second kappa shape index (κ2) is 4.16. The number of aromatic nitrogens is 2. The van der Waals surface area contributed by atoms with E-state index in [1.807, 2.05) is 12.1 Å². The van der Waals surface area contributed by atoms with Gasteiger partial charge >= 0.3 is 0 Å². The summed E-state index contributed by atoms with van der Waals surface area (Å²) >= 11 is 5.02. The molecule has 0 saturated heterocycles. The number of pyridine rings is 1. The summed E-state index contributed by atoms with van der Waals surface area (Å²) in [6.45, 7) is 0.481. The first-order chi connectivity index (χ1) is 6.81. The van der Waals surface area contributed by atoms with E-state index in [0.717, 1.165) is 20.1 Å². The van der Waals surface area contributed by atoms with Crippen LogP contribution in [0.15, 0.2) is 29.1 Å². The molecule has 2 heterocycles. The Balaban J connectivity index is 2.46. The quantitative estimate of drug-likeness (QED) is 0.911. The maximum atomic E-state index is 5.52. The fourth-order valence-electron chi connectivity index (χ4n) is 1.11. The Labute approximate surface area is 94.1 Å². The van der Waals surface area contributed by atoms with Crippen molar-refractivity contribution in [1.29, 1.82) is 0 Å². The van der Waals surface area contributed by atoms with E-state index in [1.165, 1.54) is 0 Å². The zero-order chi connectivity index (χ0) is 9.97. The minimum Gasteiger partial charge on any atom is -0.325 e. The number of nitrogens with two attached hydrogens (primary N) is 1. The molecule has 14 heavy (non-hydrogen) atoms. The third-order valence-electron chi connectivity index (χ3n) is 1.75. The molecule has 2 rings (SSSR count). The van der Waals surface area contributed by atoms with Crippen molar-refractivity contribution in [3.63, 3.8) is 0 Å². The first-order valence-electron chi connectivity index (χ1n) is 4.07. The van der Waals surface area contributed by atoms with Crippen molar-refractivity contribution in [2.45, 2.75) is 6.54 Å². The van der Waals surface area contributed by atoms with Crippen molar-refractivity contribution >= 4 is 27.3 Å². The number of hydrogen-bond donors (Lipinski definition) is 1. The van der Waals surface area contributed by atoms with Gasteiger partial charge in [0.05, 0.1) is 4.88 Å². The molecule has 0 amide bonds. The van der Waals surface area contributed by atoms with Crippen LogP contribution in [0.1, 0.15) is 5.01 Å². The van der Waals surface area contributed by atoms with Gasteiger partial charge in [0, 0.05) is 18.9 Å². The molecule has 0 aliphatic rings. The minimum atomic E-state index is 0.481. The van der Waals surface area contributed by atoms with Crippen molar-refractivity contribution in [3.8, 4) is 10.4 Å². The molecule has 5 heteroatoms. The molecule has 0 atom stereocenters. The maximum absolute atomic E-state index is 5.52. The summed E-state index contributed by atoms with van der Waals surface area (Å²) in [4.78, 5) is 9.37. The first kappa shape index (κ1) is 9.76.